The van der Waals surface area contributed by atoms with Crippen LogP contribution in [0, 0.1) is 0 Å². The number of rotatable bonds is 8. The van der Waals surface area contributed by atoms with Crippen LogP contribution in [-0.2, 0) is 6.54 Å². The van der Waals surface area contributed by atoms with E-state index in [1.54, 1.807) is 0 Å². The summed E-state index contributed by atoms with van der Waals surface area (Å²) in [5, 5.41) is 3.60. The maximum absolute atomic E-state index is 12.1. The average molecular weight is 430 g/mol. The van der Waals surface area contributed by atoms with Gasteiger partial charge in [0.05, 0.1) is 0 Å². The monoisotopic (exact) mass is 429 g/mol. The zero-order valence-electron chi connectivity index (χ0n) is 18.2. The zero-order valence-corrected chi connectivity index (χ0v) is 18.9. The Morgan fingerprint density at radius 1 is 1.13 bits per heavy atom. The van der Waals surface area contributed by atoms with Crippen molar-refractivity contribution in [1.29, 1.82) is 0 Å². The number of unbranched alkanes of at least 4 members (excludes halogenated alkanes) is 4. The summed E-state index contributed by atoms with van der Waals surface area (Å²) in [7, 11) is 4.14. The minimum atomic E-state index is -0.392. The summed E-state index contributed by atoms with van der Waals surface area (Å²) < 4.78 is 5.50. The normalized spacial score (nSPS) is 16.3. The van der Waals surface area contributed by atoms with E-state index < -0.39 is 6.09 Å². The van der Waals surface area contributed by atoms with Gasteiger partial charge < -0.3 is 15.0 Å². The Balaban J connectivity index is 1.62. The van der Waals surface area contributed by atoms with Gasteiger partial charge in [0.15, 0.2) is 0 Å². The van der Waals surface area contributed by atoms with E-state index in [2.05, 4.69) is 42.2 Å². The van der Waals surface area contributed by atoms with Crippen LogP contribution in [-0.4, -0.2) is 31.6 Å². The second-order valence-corrected chi connectivity index (χ2v) is 8.35. The van der Waals surface area contributed by atoms with E-state index in [1.807, 2.05) is 36.4 Å². The quantitative estimate of drug-likeness (QED) is 0.524. The maximum Gasteiger partial charge on any atom is 0.412 e. The number of hydrogen-bond donors (Lipinski definition) is 1. The van der Waals surface area contributed by atoms with Crippen molar-refractivity contribution >= 4 is 23.4 Å². The summed E-state index contributed by atoms with van der Waals surface area (Å²) in [6.45, 7) is 3.59. The smallest absolute Gasteiger partial charge is 0.410 e. The molecule has 2 aromatic rings. The largest absolute Gasteiger partial charge is 0.412 e. The second kappa shape index (κ2) is 10.7. The molecular weight excluding hydrogens is 398 g/mol. The molecule has 6 heteroatoms. The fourth-order valence-electron chi connectivity index (χ4n) is 4.07. The van der Waals surface area contributed by atoms with Crippen LogP contribution in [0.4, 0.5) is 10.5 Å². The molecule has 1 amide bonds. The van der Waals surface area contributed by atoms with Crippen molar-refractivity contribution in [2.75, 3.05) is 25.5 Å². The number of anilines is 1. The zero-order chi connectivity index (χ0) is 21.5. The van der Waals surface area contributed by atoms with Gasteiger partial charge in [-0.15, -0.1) is 0 Å². The lowest BCUT2D eigenvalue weighted by atomic mass is 10.0. The Morgan fingerprint density at radius 3 is 2.67 bits per heavy atom. The Hall–Kier alpha value is -2.24. The van der Waals surface area contributed by atoms with Crippen LogP contribution in [0.15, 0.2) is 42.5 Å². The molecule has 0 bridgehead atoms. The van der Waals surface area contributed by atoms with Gasteiger partial charge in [-0.1, -0.05) is 62.4 Å². The van der Waals surface area contributed by atoms with Gasteiger partial charge in [0.2, 0.25) is 0 Å². The first-order valence-electron chi connectivity index (χ1n) is 10.8. The Kier molecular flexibility index (Phi) is 8.00. The molecule has 0 spiro atoms. The highest BCUT2D eigenvalue weighted by Gasteiger charge is 2.30. The predicted molar refractivity (Wildman–Crippen MR) is 123 cm³/mol. The highest BCUT2D eigenvalue weighted by Crippen LogP contribution is 2.40. The Labute approximate surface area is 185 Å². The summed E-state index contributed by atoms with van der Waals surface area (Å²) in [5.41, 5.74) is 3.31. The van der Waals surface area contributed by atoms with Crippen molar-refractivity contribution in [3.05, 3.63) is 58.6 Å². The maximum atomic E-state index is 12.1. The van der Waals surface area contributed by atoms with E-state index >= 15 is 0 Å². The molecule has 2 aromatic carbocycles. The third-order valence-corrected chi connectivity index (χ3v) is 5.92. The van der Waals surface area contributed by atoms with Crippen LogP contribution in [0.1, 0.15) is 56.3 Å². The van der Waals surface area contributed by atoms with Crippen molar-refractivity contribution in [2.45, 2.75) is 51.7 Å². The van der Waals surface area contributed by atoms with Crippen molar-refractivity contribution in [3.8, 4) is 5.75 Å². The average Bonchev–Trinajstić information content (AvgIpc) is 2.72. The molecule has 1 aliphatic heterocycles. The molecule has 0 aliphatic carbocycles. The van der Waals surface area contributed by atoms with Crippen LogP contribution in [0.25, 0.3) is 0 Å². The lowest BCUT2D eigenvalue weighted by molar-refractivity contribution is 0.199. The van der Waals surface area contributed by atoms with Crippen LogP contribution in [0.5, 0.6) is 5.75 Å². The van der Waals surface area contributed by atoms with E-state index in [0.717, 1.165) is 41.2 Å². The molecule has 1 aliphatic rings. The third-order valence-electron chi connectivity index (χ3n) is 5.58. The van der Waals surface area contributed by atoms with Crippen molar-refractivity contribution in [3.63, 3.8) is 0 Å². The number of hydrogen-bond acceptors (Lipinski definition) is 4. The number of amides is 1. The molecule has 0 fully saturated rings. The second-order valence-electron chi connectivity index (χ2n) is 7.94. The molecule has 0 aromatic heterocycles. The summed E-state index contributed by atoms with van der Waals surface area (Å²) in [5.74, 6) is 0.565. The lowest BCUT2D eigenvalue weighted by Crippen LogP contribution is -2.41. The molecule has 5 nitrogen and oxygen atoms in total. The first-order valence-corrected chi connectivity index (χ1v) is 11.1. The number of carbonyl (C=O) groups excluding carboxylic acids is 1. The molecule has 1 unspecified atom stereocenters. The molecule has 1 atom stereocenters. The summed E-state index contributed by atoms with van der Waals surface area (Å²) >= 11 is 6.46. The molecule has 162 valence electrons. The van der Waals surface area contributed by atoms with Gasteiger partial charge in [-0.25, -0.2) is 4.79 Å². The van der Waals surface area contributed by atoms with Crippen LogP contribution in [0.2, 0.25) is 5.02 Å². The van der Waals surface area contributed by atoms with Gasteiger partial charge in [0.25, 0.3) is 0 Å². The molecular formula is C24H32ClN3O2. The SMILES string of the molecule is CCCCCCCNC(=O)Oc1ccc2c(c1)CN(C)C(c1ccccc1Cl)N2C. The minimum Gasteiger partial charge on any atom is -0.410 e. The van der Waals surface area contributed by atoms with Crippen LogP contribution in [0.3, 0.4) is 0 Å². The number of ether oxygens (including phenoxy) is 1. The summed E-state index contributed by atoms with van der Waals surface area (Å²) in [6, 6.07) is 13.8. The topological polar surface area (TPSA) is 44.8 Å². The van der Waals surface area contributed by atoms with Gasteiger partial charge in [-0.2, -0.15) is 0 Å². The number of carbonyl (C=O) groups is 1. The molecule has 0 saturated heterocycles. The number of nitrogens with zero attached hydrogens (tertiary/aromatic N) is 2. The third kappa shape index (κ3) is 5.46. The van der Waals surface area contributed by atoms with Crippen molar-refractivity contribution in [2.24, 2.45) is 0 Å². The van der Waals surface area contributed by atoms with E-state index in [4.69, 9.17) is 16.3 Å². The molecule has 30 heavy (non-hydrogen) atoms. The number of fused-ring (bicyclic) bond motifs is 1. The summed E-state index contributed by atoms with van der Waals surface area (Å²) in [6.07, 6.45) is 5.47. The van der Waals surface area contributed by atoms with Crippen molar-refractivity contribution in [1.82, 2.24) is 10.2 Å². The van der Waals surface area contributed by atoms with E-state index in [1.165, 1.54) is 19.3 Å². The van der Waals surface area contributed by atoms with Crippen LogP contribution >= 0.6 is 11.6 Å². The molecule has 0 saturated carbocycles. The minimum absolute atomic E-state index is 0.0500. The fraction of sp³-hybridized carbons (Fsp3) is 0.458. The first kappa shape index (κ1) is 22.4. The van der Waals surface area contributed by atoms with E-state index in [-0.39, 0.29) is 6.17 Å². The number of benzene rings is 2. The Bertz CT molecular complexity index is 858. The highest BCUT2D eigenvalue weighted by atomic mass is 35.5. The highest BCUT2D eigenvalue weighted by molar-refractivity contribution is 6.31. The lowest BCUT2D eigenvalue weighted by Gasteiger charge is -2.43. The molecule has 1 heterocycles. The van der Waals surface area contributed by atoms with E-state index in [0.29, 0.717) is 12.3 Å². The number of halogens is 1. The van der Waals surface area contributed by atoms with Gasteiger partial charge in [-0.05, 0) is 43.3 Å². The van der Waals surface area contributed by atoms with Gasteiger partial charge >= 0.3 is 6.09 Å². The van der Waals surface area contributed by atoms with Gasteiger partial charge in [0.1, 0.15) is 11.9 Å². The van der Waals surface area contributed by atoms with Gasteiger partial charge in [-0.3, -0.25) is 4.90 Å². The summed E-state index contributed by atoms with van der Waals surface area (Å²) in [4.78, 5) is 16.6. The first-order chi connectivity index (χ1) is 14.5. The predicted octanol–water partition coefficient (Wildman–Crippen LogP) is 5.98. The molecule has 1 N–H and O–H groups in total. The van der Waals surface area contributed by atoms with Crippen molar-refractivity contribution < 1.29 is 9.53 Å². The fourth-order valence-corrected chi connectivity index (χ4v) is 4.30. The molecule has 3 rings (SSSR count). The van der Waals surface area contributed by atoms with Gasteiger partial charge in [0, 0.05) is 36.4 Å². The van der Waals surface area contributed by atoms with E-state index in [9.17, 15) is 4.79 Å². The van der Waals surface area contributed by atoms with Crippen LogP contribution < -0.4 is 15.0 Å². The molecule has 0 radical (unpaired) electrons. The standard InChI is InChI=1S/C24H32ClN3O2/c1-4-5-6-7-10-15-26-24(29)30-19-13-14-22-18(16-19)17-27(2)23(28(22)3)20-11-8-9-12-21(20)25/h8-9,11-14,16,23H,4-7,10,15,17H2,1-3H3,(H,26,29). The number of nitrogens with one attached hydrogen (secondary N) is 1. The Morgan fingerprint density at radius 2 is 1.90 bits per heavy atom.